The first-order chi connectivity index (χ1) is 58.6. The summed E-state index contributed by atoms with van der Waals surface area (Å²) < 4.78 is 9.34. The van der Waals surface area contributed by atoms with E-state index >= 15 is 0 Å². The quantitative estimate of drug-likeness (QED) is 0.115. The Labute approximate surface area is 681 Å². The number of benzene rings is 17. The average molecular weight is 1510 g/mol. The lowest BCUT2D eigenvalue weighted by Crippen LogP contribution is -1.99. The Hall–Kier alpha value is -15.9. The zero-order valence-corrected chi connectivity index (χ0v) is 64.1. The van der Waals surface area contributed by atoms with Crippen molar-refractivity contribution in [1.82, 2.24) is 38.2 Å². The van der Waals surface area contributed by atoms with Crippen LogP contribution in [-0.2, 0) is 0 Å². The molecule has 23 rings (SSSR count). The van der Waals surface area contributed by atoms with E-state index in [1.165, 1.54) is 60.3 Å². The molecule has 0 fully saturated rings. The van der Waals surface area contributed by atoms with Gasteiger partial charge in [0.1, 0.15) is 11.3 Å². The van der Waals surface area contributed by atoms with Crippen molar-refractivity contribution >= 4 is 87.5 Å². The molecule has 0 saturated heterocycles. The number of para-hydroxylation sites is 7. The molecule has 0 aliphatic heterocycles. The molecule has 0 aliphatic rings. The Morgan fingerprint density at radius 3 is 0.831 bits per heavy atom. The van der Waals surface area contributed by atoms with Gasteiger partial charge in [0, 0.05) is 77.3 Å². The van der Waals surface area contributed by atoms with Gasteiger partial charge in [0.05, 0.1) is 55.3 Å². The van der Waals surface area contributed by atoms with Crippen molar-refractivity contribution in [2.24, 2.45) is 0 Å². The molecular weight excluding hydrogens is 1430 g/mol. The maximum absolute atomic E-state index is 5.54. The van der Waals surface area contributed by atoms with Gasteiger partial charge in [-0.15, -0.1) is 0 Å². The molecule has 8 nitrogen and oxygen atoms in total. The topological polar surface area (TPSA) is 71.3 Å². The number of aromatic nitrogens is 8. The first-order valence-electron chi connectivity index (χ1n) is 40.1. The summed E-state index contributed by atoms with van der Waals surface area (Å²) in [5, 5.41) is 9.16. The summed E-state index contributed by atoms with van der Waals surface area (Å²) in [7, 11) is 0. The SMILES string of the molecule is c1ccc(-c2cccc(-c3nc(-c4cccc(-c5cccc6c5c5cc(-c7ccccc7)ccc5n6-c5ccccc5)c4)c4c5ccccc5n(-c5ccccc5)c4n3)c2)cc1.c1ccc(-c2cccc(-c3nc(-c4cccc(-c5cccc6c5c5ccccc5n6-c5ccccc5)c4)c4c5ccccc5n(-c5ccccc5)c4n3)c2)cc1. The third kappa shape index (κ3) is 12.0. The highest BCUT2D eigenvalue weighted by atomic mass is 15.1. The van der Waals surface area contributed by atoms with Crippen LogP contribution < -0.4 is 0 Å². The fourth-order valence-corrected chi connectivity index (χ4v) is 17.8. The van der Waals surface area contributed by atoms with Crippen LogP contribution in [0.1, 0.15) is 0 Å². The minimum atomic E-state index is 0.678. The van der Waals surface area contributed by atoms with Gasteiger partial charge >= 0.3 is 0 Å². The maximum Gasteiger partial charge on any atom is 0.162 e. The van der Waals surface area contributed by atoms with Crippen LogP contribution in [0.15, 0.2) is 437 Å². The first kappa shape index (κ1) is 68.9. The second-order valence-electron chi connectivity index (χ2n) is 30.0. The van der Waals surface area contributed by atoms with E-state index in [1.54, 1.807) is 0 Å². The van der Waals surface area contributed by atoms with Gasteiger partial charge in [-0.3, -0.25) is 9.13 Å². The molecular formula is C110H72N8. The molecule has 0 N–H and O–H groups in total. The molecule has 0 bridgehead atoms. The first-order valence-corrected chi connectivity index (χ1v) is 40.1. The third-order valence-electron chi connectivity index (χ3n) is 23.0. The number of fused-ring (bicyclic) bond motifs is 12. The minimum Gasteiger partial charge on any atom is -0.309 e. The lowest BCUT2D eigenvalue weighted by molar-refractivity contribution is 1.11. The highest BCUT2D eigenvalue weighted by molar-refractivity contribution is 6.20. The Morgan fingerprint density at radius 1 is 0.153 bits per heavy atom. The maximum atomic E-state index is 5.54. The Kier molecular flexibility index (Phi) is 17.1. The van der Waals surface area contributed by atoms with Gasteiger partial charge in [-0.05, 0) is 171 Å². The molecule has 0 spiro atoms. The van der Waals surface area contributed by atoms with Crippen molar-refractivity contribution in [2.75, 3.05) is 0 Å². The molecule has 0 radical (unpaired) electrons. The van der Waals surface area contributed by atoms with E-state index in [4.69, 9.17) is 19.9 Å². The van der Waals surface area contributed by atoms with Gasteiger partial charge in [-0.25, -0.2) is 19.9 Å². The van der Waals surface area contributed by atoms with Gasteiger partial charge in [0.15, 0.2) is 11.6 Å². The zero-order valence-electron chi connectivity index (χ0n) is 64.1. The van der Waals surface area contributed by atoms with E-state index in [0.717, 1.165) is 139 Å². The van der Waals surface area contributed by atoms with Gasteiger partial charge in [0.2, 0.25) is 0 Å². The van der Waals surface area contributed by atoms with Crippen LogP contribution in [0.2, 0.25) is 0 Å². The zero-order chi connectivity index (χ0) is 78.0. The summed E-state index contributed by atoms with van der Waals surface area (Å²) in [6.07, 6.45) is 0. The molecule has 0 saturated carbocycles. The highest BCUT2D eigenvalue weighted by Crippen LogP contribution is 2.47. The molecule has 552 valence electrons. The van der Waals surface area contributed by atoms with Crippen LogP contribution >= 0.6 is 0 Å². The predicted octanol–water partition coefficient (Wildman–Crippen LogP) is 28.3. The largest absolute Gasteiger partial charge is 0.309 e. The second-order valence-corrected chi connectivity index (χ2v) is 30.0. The van der Waals surface area contributed by atoms with Gasteiger partial charge in [-0.1, -0.05) is 322 Å². The number of hydrogen-bond acceptors (Lipinski definition) is 4. The molecule has 6 aromatic heterocycles. The normalized spacial score (nSPS) is 11.6. The van der Waals surface area contributed by atoms with E-state index < -0.39 is 0 Å². The Bertz CT molecular complexity index is 7760. The van der Waals surface area contributed by atoms with E-state index in [2.05, 4.69) is 455 Å². The molecule has 0 aliphatic carbocycles. The summed E-state index contributed by atoms with van der Waals surface area (Å²) in [6, 6.07) is 155. The van der Waals surface area contributed by atoms with Crippen LogP contribution in [-0.4, -0.2) is 38.2 Å². The van der Waals surface area contributed by atoms with E-state index in [-0.39, 0.29) is 0 Å². The molecule has 0 unspecified atom stereocenters. The molecule has 17 aromatic carbocycles. The molecule has 8 heteroatoms. The van der Waals surface area contributed by atoms with Crippen LogP contribution in [0, 0.1) is 0 Å². The predicted molar refractivity (Wildman–Crippen MR) is 490 cm³/mol. The summed E-state index contributed by atoms with van der Waals surface area (Å²) in [5.74, 6) is 1.36. The fourth-order valence-electron chi connectivity index (χ4n) is 17.8. The number of hydrogen-bond donors (Lipinski definition) is 0. The van der Waals surface area contributed by atoms with E-state index in [9.17, 15) is 0 Å². The molecule has 118 heavy (non-hydrogen) atoms. The third-order valence-corrected chi connectivity index (χ3v) is 23.0. The van der Waals surface area contributed by atoms with Crippen molar-refractivity contribution in [3.8, 4) is 124 Å². The van der Waals surface area contributed by atoms with Crippen LogP contribution in [0.4, 0.5) is 0 Å². The van der Waals surface area contributed by atoms with E-state index in [0.29, 0.717) is 11.6 Å². The number of rotatable bonds is 13. The Balaban J connectivity index is 0.000000143. The van der Waals surface area contributed by atoms with Crippen molar-refractivity contribution in [3.63, 3.8) is 0 Å². The number of nitrogens with zero attached hydrogens (tertiary/aromatic N) is 8. The van der Waals surface area contributed by atoms with Crippen molar-refractivity contribution in [3.05, 3.63) is 437 Å². The fraction of sp³-hybridized carbons (Fsp3) is 0. The molecule has 0 amide bonds. The summed E-state index contributed by atoms with van der Waals surface area (Å²) >= 11 is 0. The molecule has 6 heterocycles. The summed E-state index contributed by atoms with van der Waals surface area (Å²) in [6.45, 7) is 0. The van der Waals surface area contributed by atoms with Crippen LogP contribution in [0.3, 0.4) is 0 Å². The van der Waals surface area contributed by atoms with E-state index in [1.807, 2.05) is 0 Å². The Morgan fingerprint density at radius 2 is 0.424 bits per heavy atom. The van der Waals surface area contributed by atoms with Gasteiger partial charge in [-0.2, -0.15) is 0 Å². The molecule has 0 atom stereocenters. The second kappa shape index (κ2) is 29.3. The van der Waals surface area contributed by atoms with Crippen molar-refractivity contribution in [1.29, 1.82) is 0 Å². The highest BCUT2D eigenvalue weighted by Gasteiger charge is 2.26. The standard InChI is InChI=1S/C58H38N4.C52H34N4/c1-5-18-39(19-6-1)41-22-15-25-45(36-41)57-59-56(55-49-30-13-14-32-51(49)62(58(55)60-57)47-28-11-4-12-29-47)44-24-16-23-43(37-44)48-31-17-33-53-54(48)50-38-42(40-20-7-2-8-21-40)34-35-52(50)61(53)46-26-9-3-10-27-46;1-4-17-35(18-5-1)36-19-14-22-39(33-36)51-53-50(49-44-28-11-13-31-46(44)56(52(49)54-51)41-25-8-3-9-26-41)38-21-15-20-37(34-38)42-29-16-32-47-48(42)43-27-10-12-30-45(43)55(47)40-23-6-2-7-24-40/h1-38H;1-34H. The van der Waals surface area contributed by atoms with Gasteiger partial charge < -0.3 is 9.13 Å². The lowest BCUT2D eigenvalue weighted by atomic mass is 9.95. The molecule has 23 aromatic rings. The minimum absolute atomic E-state index is 0.678. The summed E-state index contributed by atoms with van der Waals surface area (Å²) in [4.78, 5) is 21.9. The van der Waals surface area contributed by atoms with Crippen LogP contribution in [0.25, 0.3) is 211 Å². The van der Waals surface area contributed by atoms with Crippen molar-refractivity contribution in [2.45, 2.75) is 0 Å². The van der Waals surface area contributed by atoms with Gasteiger partial charge in [0.25, 0.3) is 0 Å². The lowest BCUT2D eigenvalue weighted by Gasteiger charge is -2.12. The van der Waals surface area contributed by atoms with Crippen molar-refractivity contribution < 1.29 is 0 Å². The average Bonchev–Trinajstić information content (AvgIpc) is 1.64. The van der Waals surface area contributed by atoms with Crippen LogP contribution in [0.5, 0.6) is 0 Å². The smallest absolute Gasteiger partial charge is 0.162 e. The monoisotopic (exact) mass is 1500 g/mol. The summed E-state index contributed by atoms with van der Waals surface area (Å²) in [5.41, 5.74) is 30.4.